The van der Waals surface area contributed by atoms with Crippen molar-refractivity contribution < 1.29 is 0 Å². The molecule has 0 fully saturated rings. The van der Waals surface area contributed by atoms with Crippen molar-refractivity contribution >= 4 is 11.3 Å². The predicted octanol–water partition coefficient (Wildman–Crippen LogP) is 2.96. The molecule has 0 radical (unpaired) electrons. The number of likely N-dealkylation sites (N-methyl/N-ethyl adjacent to an activating group) is 1. The summed E-state index contributed by atoms with van der Waals surface area (Å²) >= 11 is 1.74. The molecule has 0 spiro atoms. The van der Waals surface area contributed by atoms with Crippen molar-refractivity contribution in [1.82, 2.24) is 20.4 Å². The minimum absolute atomic E-state index is 0.868. The van der Waals surface area contributed by atoms with Gasteiger partial charge in [-0.05, 0) is 31.0 Å². The molecule has 0 aliphatic carbocycles. The van der Waals surface area contributed by atoms with E-state index in [0.29, 0.717) is 0 Å². The van der Waals surface area contributed by atoms with E-state index in [-0.39, 0.29) is 0 Å². The van der Waals surface area contributed by atoms with Gasteiger partial charge < -0.3 is 10.2 Å². The monoisotopic (exact) mass is 292 g/mol. The molecule has 0 unspecified atom stereocenters. The quantitative estimate of drug-likeness (QED) is 0.698. The van der Waals surface area contributed by atoms with Crippen molar-refractivity contribution in [2.75, 3.05) is 26.2 Å². The largest absolute Gasteiger partial charge is 0.311 e. The third-order valence-corrected chi connectivity index (χ3v) is 4.28. The molecule has 110 valence electrons. The van der Waals surface area contributed by atoms with Gasteiger partial charge in [-0.3, -0.25) is 5.10 Å². The number of nitrogens with zero attached hydrogens (tertiary/aromatic N) is 2. The summed E-state index contributed by atoms with van der Waals surface area (Å²) in [4.78, 5) is 3.73. The Hall–Kier alpha value is -1.17. The summed E-state index contributed by atoms with van der Waals surface area (Å²) in [6.45, 7) is 9.76. The third-order valence-electron chi connectivity index (χ3n) is 3.39. The maximum atomic E-state index is 4.17. The van der Waals surface area contributed by atoms with Crippen molar-refractivity contribution in [3.8, 4) is 10.6 Å². The van der Waals surface area contributed by atoms with Crippen LogP contribution in [-0.2, 0) is 6.54 Å². The number of aromatic nitrogens is 2. The van der Waals surface area contributed by atoms with Crippen molar-refractivity contribution in [2.45, 2.75) is 26.8 Å². The minimum Gasteiger partial charge on any atom is -0.311 e. The van der Waals surface area contributed by atoms with Gasteiger partial charge in [0.15, 0.2) is 0 Å². The van der Waals surface area contributed by atoms with Crippen molar-refractivity contribution in [2.24, 2.45) is 0 Å². The Morgan fingerprint density at radius 3 is 2.95 bits per heavy atom. The Labute approximate surface area is 125 Å². The van der Waals surface area contributed by atoms with Gasteiger partial charge in [-0.25, -0.2) is 0 Å². The van der Waals surface area contributed by atoms with Crippen LogP contribution in [0.1, 0.15) is 25.8 Å². The molecule has 20 heavy (non-hydrogen) atoms. The van der Waals surface area contributed by atoms with Gasteiger partial charge in [-0.15, -0.1) is 11.3 Å². The summed E-state index contributed by atoms with van der Waals surface area (Å²) in [5.41, 5.74) is 2.39. The van der Waals surface area contributed by atoms with Gasteiger partial charge in [0.25, 0.3) is 0 Å². The average molecular weight is 292 g/mol. The molecule has 0 saturated heterocycles. The third kappa shape index (κ3) is 4.16. The van der Waals surface area contributed by atoms with E-state index in [1.165, 1.54) is 23.4 Å². The number of rotatable bonds is 9. The van der Waals surface area contributed by atoms with Gasteiger partial charge in [0, 0.05) is 25.2 Å². The van der Waals surface area contributed by atoms with Crippen LogP contribution in [0.4, 0.5) is 0 Å². The van der Waals surface area contributed by atoms with Crippen LogP contribution in [0.25, 0.3) is 10.6 Å². The highest BCUT2D eigenvalue weighted by Crippen LogP contribution is 2.25. The maximum absolute atomic E-state index is 4.17. The zero-order valence-electron chi connectivity index (χ0n) is 12.4. The fourth-order valence-electron chi connectivity index (χ4n) is 2.28. The van der Waals surface area contributed by atoms with Crippen molar-refractivity contribution in [3.05, 3.63) is 29.3 Å². The highest BCUT2D eigenvalue weighted by atomic mass is 32.1. The molecule has 2 aromatic rings. The number of hydrogen-bond donors (Lipinski definition) is 2. The predicted molar refractivity (Wildman–Crippen MR) is 86.0 cm³/mol. The Balaban J connectivity index is 1.79. The smallest absolute Gasteiger partial charge is 0.0794 e. The normalized spacial score (nSPS) is 11.3. The standard InChI is InChI=1S/C15H24N4S/c1-3-8-19(4-2)9-7-16-11-13-12-17-18-15(13)14-6-5-10-20-14/h5-6,10,12,16H,3-4,7-9,11H2,1-2H3,(H,17,18). The van der Waals surface area contributed by atoms with Gasteiger partial charge in [0.1, 0.15) is 0 Å². The lowest BCUT2D eigenvalue weighted by molar-refractivity contribution is 0.287. The average Bonchev–Trinajstić information content (AvgIpc) is 3.12. The zero-order chi connectivity index (χ0) is 14.2. The lowest BCUT2D eigenvalue weighted by Crippen LogP contribution is -2.32. The molecular weight excluding hydrogens is 268 g/mol. The second kappa shape index (κ2) is 8.19. The van der Waals surface area contributed by atoms with Gasteiger partial charge in [0.2, 0.25) is 0 Å². The molecule has 0 amide bonds. The summed E-state index contributed by atoms with van der Waals surface area (Å²) in [6, 6.07) is 4.20. The van der Waals surface area contributed by atoms with E-state index < -0.39 is 0 Å². The fraction of sp³-hybridized carbons (Fsp3) is 0.533. The fourth-order valence-corrected chi connectivity index (χ4v) is 3.04. The van der Waals surface area contributed by atoms with E-state index in [2.05, 4.69) is 51.8 Å². The van der Waals surface area contributed by atoms with E-state index in [9.17, 15) is 0 Å². The summed E-state index contributed by atoms with van der Waals surface area (Å²) < 4.78 is 0. The molecular formula is C15H24N4S. The minimum atomic E-state index is 0.868. The van der Waals surface area contributed by atoms with Crippen molar-refractivity contribution in [3.63, 3.8) is 0 Å². The van der Waals surface area contributed by atoms with Crippen LogP contribution in [0.3, 0.4) is 0 Å². The molecule has 2 N–H and O–H groups in total. The Morgan fingerprint density at radius 2 is 2.25 bits per heavy atom. The molecule has 0 aliphatic rings. The first kappa shape index (κ1) is 15.2. The first-order valence-electron chi connectivity index (χ1n) is 7.34. The SMILES string of the molecule is CCCN(CC)CCNCc1cn[nH]c1-c1cccs1. The Bertz CT molecular complexity index is 478. The zero-order valence-corrected chi connectivity index (χ0v) is 13.2. The van der Waals surface area contributed by atoms with Crippen LogP contribution >= 0.6 is 11.3 Å². The van der Waals surface area contributed by atoms with Crippen LogP contribution in [-0.4, -0.2) is 41.3 Å². The van der Waals surface area contributed by atoms with E-state index in [1.807, 2.05) is 6.20 Å². The van der Waals surface area contributed by atoms with Gasteiger partial charge in [0.05, 0.1) is 16.8 Å². The highest BCUT2D eigenvalue weighted by molar-refractivity contribution is 7.13. The van der Waals surface area contributed by atoms with Crippen LogP contribution in [0.5, 0.6) is 0 Å². The van der Waals surface area contributed by atoms with E-state index >= 15 is 0 Å². The maximum Gasteiger partial charge on any atom is 0.0794 e. The lowest BCUT2D eigenvalue weighted by Gasteiger charge is -2.19. The van der Waals surface area contributed by atoms with Crippen LogP contribution < -0.4 is 5.32 Å². The summed E-state index contributed by atoms with van der Waals surface area (Å²) in [5.74, 6) is 0. The van der Waals surface area contributed by atoms with Crippen LogP contribution in [0.15, 0.2) is 23.7 Å². The van der Waals surface area contributed by atoms with Gasteiger partial charge >= 0.3 is 0 Å². The molecule has 0 aromatic carbocycles. The van der Waals surface area contributed by atoms with Crippen LogP contribution in [0, 0.1) is 0 Å². The lowest BCUT2D eigenvalue weighted by atomic mass is 10.2. The first-order chi connectivity index (χ1) is 9.85. The number of hydrogen-bond acceptors (Lipinski definition) is 4. The first-order valence-corrected chi connectivity index (χ1v) is 8.22. The number of nitrogens with one attached hydrogen (secondary N) is 2. The Kier molecular flexibility index (Phi) is 6.24. The van der Waals surface area contributed by atoms with E-state index in [4.69, 9.17) is 0 Å². The second-order valence-corrected chi connectivity index (χ2v) is 5.81. The summed E-state index contributed by atoms with van der Waals surface area (Å²) in [5, 5.41) is 12.9. The summed E-state index contributed by atoms with van der Waals surface area (Å²) in [6.07, 6.45) is 3.14. The Morgan fingerprint density at radius 1 is 1.35 bits per heavy atom. The van der Waals surface area contributed by atoms with Crippen molar-refractivity contribution in [1.29, 1.82) is 0 Å². The van der Waals surface area contributed by atoms with Crippen LogP contribution in [0.2, 0.25) is 0 Å². The molecule has 0 atom stereocenters. The molecule has 5 heteroatoms. The molecule has 2 rings (SSSR count). The van der Waals surface area contributed by atoms with E-state index in [0.717, 1.165) is 31.9 Å². The highest BCUT2D eigenvalue weighted by Gasteiger charge is 2.08. The second-order valence-electron chi connectivity index (χ2n) is 4.86. The van der Waals surface area contributed by atoms with E-state index in [1.54, 1.807) is 11.3 Å². The summed E-state index contributed by atoms with van der Waals surface area (Å²) in [7, 11) is 0. The van der Waals surface area contributed by atoms with Gasteiger partial charge in [-0.2, -0.15) is 5.10 Å². The number of thiophene rings is 1. The molecule has 0 bridgehead atoms. The molecule has 4 nitrogen and oxygen atoms in total. The molecule has 0 saturated carbocycles. The number of aromatic amines is 1. The molecule has 2 aromatic heterocycles. The molecule has 2 heterocycles. The molecule has 0 aliphatic heterocycles. The number of H-pyrrole nitrogens is 1. The topological polar surface area (TPSA) is 44.0 Å². The van der Waals surface area contributed by atoms with Gasteiger partial charge in [-0.1, -0.05) is 19.9 Å².